The van der Waals surface area contributed by atoms with E-state index in [4.69, 9.17) is 19.4 Å². The van der Waals surface area contributed by atoms with Crippen LogP contribution in [0.1, 0.15) is 171 Å². The Morgan fingerprint density at radius 3 is 1.36 bits per heavy atom. The third kappa shape index (κ3) is 33.1. The lowest BCUT2D eigenvalue weighted by molar-refractivity contribution is -0.124. The number of carbonyl (C=O) groups is 3. The second-order valence-corrected chi connectivity index (χ2v) is 26.0. The van der Waals surface area contributed by atoms with Gasteiger partial charge in [0.05, 0.1) is 9.90 Å². The first-order valence-corrected chi connectivity index (χ1v) is 23.7. The number of nitrogens with zero attached hydrogens (tertiary/aromatic N) is 11. The molecule has 0 unspecified atom stereocenters. The first-order chi connectivity index (χ1) is 28.0. The monoisotopic (exact) mass is 952 g/mol. The number of aliphatic imine (C=N–C) groups is 1. The van der Waals surface area contributed by atoms with Crippen LogP contribution in [0.4, 0.5) is 0 Å². The van der Waals surface area contributed by atoms with Crippen LogP contribution in [0, 0.1) is 11.3 Å². The fourth-order valence-electron chi connectivity index (χ4n) is 2.41. The van der Waals surface area contributed by atoms with Gasteiger partial charge in [-0.2, -0.15) is 18.3 Å². The molecule has 0 fully saturated rings. The Morgan fingerprint density at radius 2 is 1.16 bits per heavy atom. The highest BCUT2D eigenvalue weighted by Crippen LogP contribution is 2.49. The van der Waals surface area contributed by atoms with Gasteiger partial charge in [0.1, 0.15) is 24.7 Å². The number of tetrazole rings is 2. The lowest BCUT2D eigenvalue weighted by Crippen LogP contribution is -2.26. The van der Waals surface area contributed by atoms with Crippen LogP contribution in [0.2, 0.25) is 12.1 Å². The largest absolute Gasteiger partial charge is 0.450 e. The maximum atomic E-state index is 10.9. The molecule has 0 saturated carbocycles. The first-order valence-electron chi connectivity index (χ1n) is 20.7. The number of carbonyl (C=O) groups excluding carboxylic acids is 3. The third-order valence-corrected chi connectivity index (χ3v) is 11.3. The first kappa shape index (κ1) is 67.1. The maximum Gasteiger partial charge on any atom is 0.330 e. The lowest BCUT2D eigenvalue weighted by Gasteiger charge is -2.18. The van der Waals surface area contributed by atoms with Crippen LogP contribution in [0.5, 0.6) is 0 Å². The van der Waals surface area contributed by atoms with Gasteiger partial charge in [0.25, 0.3) is 17.0 Å². The summed E-state index contributed by atoms with van der Waals surface area (Å²) in [6.45, 7) is 44.0. The fourth-order valence-corrected chi connectivity index (χ4v) is 2.41. The minimum absolute atomic E-state index is 0.0258. The highest BCUT2D eigenvalue weighted by Gasteiger charge is 2.32. The SMILES string of the molecule is CB(O)C(C)(C)C.CC(=O)C(C)(C)C.CC(=O)Cn1nnc(C(C)(C)C)n1.CC(=O)Cn1nnnc1C(C)(C)C.CC(C)(C)P(=O)(O)O.CC(C)(C)S(=O)(=O)O.CC(C)C1=NCN=N1. The van der Waals surface area contributed by atoms with Crippen molar-refractivity contribution in [2.24, 2.45) is 26.6 Å². The van der Waals surface area contributed by atoms with Gasteiger partial charge in [-0.1, -0.05) is 104 Å². The zero-order valence-corrected chi connectivity index (χ0v) is 45.0. The number of azo groups is 1. The van der Waals surface area contributed by atoms with Gasteiger partial charge in [-0.15, -0.1) is 20.4 Å². The van der Waals surface area contributed by atoms with Crippen molar-refractivity contribution in [1.82, 2.24) is 40.4 Å². The summed E-state index contributed by atoms with van der Waals surface area (Å²) in [6, 6.07) is 0. The molecule has 4 N–H and O–H groups in total. The molecule has 0 bridgehead atoms. The van der Waals surface area contributed by atoms with Crippen molar-refractivity contribution in [3.05, 3.63) is 11.6 Å². The van der Waals surface area contributed by atoms with Gasteiger partial charge >= 0.3 is 7.60 Å². The second-order valence-electron chi connectivity index (χ2n) is 21.4. The highest BCUT2D eigenvalue weighted by molar-refractivity contribution is 7.87. The van der Waals surface area contributed by atoms with Gasteiger partial charge in [0.2, 0.25) is 0 Å². The van der Waals surface area contributed by atoms with Crippen LogP contribution >= 0.6 is 7.60 Å². The van der Waals surface area contributed by atoms with Crippen LogP contribution in [-0.4, -0.2) is 115 Å². The number of ketones is 3. The molecule has 372 valence electrons. The van der Waals surface area contributed by atoms with Gasteiger partial charge < -0.3 is 14.8 Å². The van der Waals surface area contributed by atoms with Crippen LogP contribution in [0.25, 0.3) is 0 Å². The molecule has 2 aromatic heterocycles. The molecule has 0 atom stereocenters. The zero-order chi connectivity index (χ0) is 52.3. The molecular formula is C40H83BN11O10PS. The van der Waals surface area contributed by atoms with Crippen LogP contribution in [-0.2, 0) is 53.0 Å². The Bertz CT molecular complexity index is 1930. The minimum Gasteiger partial charge on any atom is -0.450 e. The summed E-state index contributed by atoms with van der Waals surface area (Å²) >= 11 is 0. The molecule has 3 heterocycles. The predicted molar refractivity (Wildman–Crippen MR) is 253 cm³/mol. The van der Waals surface area contributed by atoms with Crippen molar-refractivity contribution in [3.8, 4) is 0 Å². The molecule has 0 amide bonds. The Morgan fingerprint density at radius 1 is 0.766 bits per heavy atom. The van der Waals surface area contributed by atoms with Gasteiger partial charge in [0.15, 0.2) is 29.9 Å². The molecule has 0 radical (unpaired) electrons. The van der Waals surface area contributed by atoms with Crippen LogP contribution < -0.4 is 0 Å². The Balaban J connectivity index is -0.000000334. The second kappa shape index (κ2) is 27.2. The Hall–Kier alpha value is -3.50. The average molecular weight is 952 g/mol. The third-order valence-electron chi connectivity index (χ3n) is 8.01. The topological polar surface area (TPSA) is 308 Å². The van der Waals surface area contributed by atoms with Crippen molar-refractivity contribution in [2.75, 3.05) is 6.67 Å². The summed E-state index contributed by atoms with van der Waals surface area (Å²) in [5.41, 5.74) is -0.381. The van der Waals surface area contributed by atoms with E-state index < -0.39 is 27.6 Å². The van der Waals surface area contributed by atoms with Crippen LogP contribution in [0.3, 0.4) is 0 Å². The lowest BCUT2D eigenvalue weighted by atomic mass is 9.50. The molecule has 0 spiro atoms. The molecule has 2 aromatic rings. The summed E-state index contributed by atoms with van der Waals surface area (Å²) in [7, 11) is -7.69. The predicted octanol–water partition coefficient (Wildman–Crippen LogP) is 7.24. The number of aromatic nitrogens is 8. The number of Topliss-reactive ketones (excluding diaryl/α,β-unsaturated/α-hetero) is 3. The minimum atomic E-state index is -3.85. The summed E-state index contributed by atoms with van der Waals surface area (Å²) in [5.74, 6) is 3.03. The molecule has 21 nitrogen and oxygen atoms in total. The van der Waals surface area contributed by atoms with E-state index in [0.29, 0.717) is 18.4 Å². The van der Waals surface area contributed by atoms with Crippen molar-refractivity contribution in [1.29, 1.82) is 0 Å². The summed E-state index contributed by atoms with van der Waals surface area (Å²) in [5, 5.41) is 38.5. The smallest absolute Gasteiger partial charge is 0.330 e. The van der Waals surface area contributed by atoms with Gasteiger partial charge in [-0.25, -0.2) is 9.67 Å². The van der Waals surface area contributed by atoms with Crippen molar-refractivity contribution in [2.45, 2.75) is 205 Å². The van der Waals surface area contributed by atoms with E-state index >= 15 is 0 Å². The molecule has 3 rings (SSSR count). The number of rotatable bonds is 5. The number of hydrogen-bond donors (Lipinski definition) is 4. The molecule has 1 aliphatic heterocycles. The fraction of sp³-hybridized carbons (Fsp3) is 0.850. The van der Waals surface area contributed by atoms with E-state index in [1.54, 1.807) is 18.4 Å². The van der Waals surface area contributed by atoms with E-state index in [2.05, 4.69) is 60.0 Å². The van der Waals surface area contributed by atoms with Gasteiger partial charge in [-0.05, 0) is 83.3 Å². The van der Waals surface area contributed by atoms with Crippen LogP contribution in [0.15, 0.2) is 15.2 Å². The molecule has 0 aromatic carbocycles. The Labute approximate surface area is 384 Å². The maximum absolute atomic E-state index is 10.9. The highest BCUT2D eigenvalue weighted by atomic mass is 32.2. The van der Waals surface area contributed by atoms with E-state index in [-0.39, 0.29) is 58.9 Å². The number of hydrogen-bond acceptors (Lipinski definition) is 16. The summed E-state index contributed by atoms with van der Waals surface area (Å²) in [4.78, 5) is 54.4. The van der Waals surface area contributed by atoms with E-state index in [9.17, 15) is 27.4 Å². The van der Waals surface area contributed by atoms with Crippen molar-refractivity contribution < 1.29 is 46.7 Å². The number of amidine groups is 1. The zero-order valence-electron chi connectivity index (χ0n) is 43.3. The molecule has 0 saturated heterocycles. The summed E-state index contributed by atoms with van der Waals surface area (Å²) in [6.07, 6.45) is 0. The van der Waals surface area contributed by atoms with E-state index in [0.717, 1.165) is 11.7 Å². The van der Waals surface area contributed by atoms with Gasteiger partial charge in [-0.3, -0.25) is 23.5 Å². The van der Waals surface area contributed by atoms with E-state index in [1.807, 2.05) is 83.1 Å². The average Bonchev–Trinajstić information content (AvgIpc) is 3.82. The quantitative estimate of drug-likeness (QED) is 0.130. The van der Waals surface area contributed by atoms with E-state index in [1.165, 1.54) is 60.2 Å². The molecule has 24 heteroatoms. The molecular weight excluding hydrogens is 868 g/mol. The summed E-state index contributed by atoms with van der Waals surface area (Å²) < 4.78 is 39.6. The Kier molecular flexibility index (Phi) is 28.5. The molecule has 64 heavy (non-hydrogen) atoms. The van der Waals surface area contributed by atoms with Gasteiger partial charge in [0, 0.05) is 22.2 Å². The normalized spacial score (nSPS) is 13.0. The van der Waals surface area contributed by atoms with Crippen molar-refractivity contribution in [3.63, 3.8) is 0 Å². The standard InChI is InChI=1S/2C8H14N4O.C6H12O.C5H13BO.C5H9N3.C4H11O3P.C4H10O3S/c1-6(13)5-12-7(8(2,3)4)9-10-11-12;1-6(13)5-12-10-7(9-11-12)8(2,3)4;1-5(7)6(2,3)4;1-5(2,3)6(4)7;1-4(2)5-6-3-7-8-5;2*1-4(2,3)8(5,6)7/h2*5H2,1-4H3;1-4H3;7H,1-4H3;4H,3H2,1-2H3;1-3H3,(H2,5,6,7);1-3H3,(H,5,6,7). The van der Waals surface area contributed by atoms with Crippen molar-refractivity contribution >= 4 is 47.8 Å². The molecule has 1 aliphatic rings. The molecule has 0 aliphatic carbocycles.